The van der Waals surface area contributed by atoms with E-state index in [1.54, 1.807) is 30.2 Å². The first-order valence-corrected chi connectivity index (χ1v) is 9.14. The average molecular weight is 355 g/mol. The fourth-order valence-electron chi connectivity index (χ4n) is 2.99. The maximum absolute atomic E-state index is 12.6. The van der Waals surface area contributed by atoms with Gasteiger partial charge in [0.2, 0.25) is 11.8 Å². The lowest BCUT2D eigenvalue weighted by Crippen LogP contribution is -2.42. The van der Waals surface area contributed by atoms with Crippen molar-refractivity contribution in [3.05, 3.63) is 23.2 Å². The van der Waals surface area contributed by atoms with Gasteiger partial charge in [-0.15, -0.1) is 0 Å². The number of carbonyl (C=O) groups is 2. The number of hydrogen-bond acceptors (Lipinski definition) is 4. The normalized spacial score (nSPS) is 21.7. The number of anilines is 1. The van der Waals surface area contributed by atoms with Crippen LogP contribution >= 0.6 is 23.4 Å². The molecular weight excluding hydrogens is 336 g/mol. The van der Waals surface area contributed by atoms with Gasteiger partial charge in [0.1, 0.15) is 5.75 Å². The van der Waals surface area contributed by atoms with E-state index in [9.17, 15) is 9.59 Å². The number of amides is 2. The summed E-state index contributed by atoms with van der Waals surface area (Å²) >= 11 is 8.00. The number of methoxy groups -OCH3 is 1. The molecule has 2 aliphatic heterocycles. The third-order valence-electron chi connectivity index (χ3n) is 4.24. The van der Waals surface area contributed by atoms with Crippen LogP contribution in [0.4, 0.5) is 5.69 Å². The number of halogens is 1. The highest BCUT2D eigenvalue weighted by molar-refractivity contribution is 7.99. The molecule has 5 nitrogen and oxygen atoms in total. The first kappa shape index (κ1) is 16.5. The molecule has 1 aromatic rings. The van der Waals surface area contributed by atoms with Crippen LogP contribution in [0.5, 0.6) is 5.75 Å². The minimum atomic E-state index is -0.258. The van der Waals surface area contributed by atoms with Crippen LogP contribution in [-0.4, -0.2) is 55.0 Å². The lowest BCUT2D eigenvalue weighted by atomic mass is 10.1. The van der Waals surface area contributed by atoms with Gasteiger partial charge in [-0.1, -0.05) is 11.6 Å². The number of hydrogen-bond donors (Lipinski definition) is 0. The molecule has 1 atom stereocenters. The second kappa shape index (κ2) is 7.01. The van der Waals surface area contributed by atoms with E-state index in [1.807, 2.05) is 16.7 Å². The van der Waals surface area contributed by atoms with E-state index in [-0.39, 0.29) is 24.2 Å². The minimum Gasteiger partial charge on any atom is -0.495 e. The molecule has 0 N–H and O–H groups in total. The van der Waals surface area contributed by atoms with Crippen LogP contribution in [0.15, 0.2) is 18.2 Å². The average Bonchev–Trinajstić information content (AvgIpc) is 2.96. The zero-order valence-electron chi connectivity index (χ0n) is 13.0. The molecular formula is C16H19ClN2O3S. The third kappa shape index (κ3) is 3.43. The van der Waals surface area contributed by atoms with Gasteiger partial charge in [0, 0.05) is 43.2 Å². The molecule has 0 aliphatic carbocycles. The van der Waals surface area contributed by atoms with Crippen LogP contribution in [-0.2, 0) is 9.59 Å². The van der Waals surface area contributed by atoms with Gasteiger partial charge in [-0.05, 0) is 18.2 Å². The Morgan fingerprint density at radius 2 is 2.09 bits per heavy atom. The van der Waals surface area contributed by atoms with Crippen molar-refractivity contribution in [2.75, 3.05) is 43.1 Å². The SMILES string of the molecule is COc1ccc(N2C[C@H](C(=O)N3CCSCC3)CC2=O)cc1Cl. The van der Waals surface area contributed by atoms with Gasteiger partial charge in [0.05, 0.1) is 18.1 Å². The van der Waals surface area contributed by atoms with E-state index in [0.717, 1.165) is 24.6 Å². The van der Waals surface area contributed by atoms with Crippen molar-refractivity contribution in [2.45, 2.75) is 6.42 Å². The Bertz CT molecular complexity index is 619. The summed E-state index contributed by atoms with van der Waals surface area (Å²) in [6.07, 6.45) is 0.270. The van der Waals surface area contributed by atoms with E-state index < -0.39 is 0 Å². The molecule has 2 amide bonds. The molecule has 0 radical (unpaired) electrons. The summed E-state index contributed by atoms with van der Waals surface area (Å²) < 4.78 is 5.13. The highest BCUT2D eigenvalue weighted by Gasteiger charge is 2.37. The number of thioether (sulfide) groups is 1. The fraction of sp³-hybridized carbons (Fsp3) is 0.500. The molecule has 0 spiro atoms. The van der Waals surface area contributed by atoms with E-state index in [4.69, 9.17) is 16.3 Å². The van der Waals surface area contributed by atoms with Crippen LogP contribution in [0.2, 0.25) is 5.02 Å². The van der Waals surface area contributed by atoms with Crippen molar-refractivity contribution < 1.29 is 14.3 Å². The molecule has 3 rings (SSSR count). The van der Waals surface area contributed by atoms with Crippen molar-refractivity contribution in [3.8, 4) is 5.75 Å². The minimum absolute atomic E-state index is 0.0315. The number of benzene rings is 1. The summed E-state index contributed by atoms with van der Waals surface area (Å²) in [4.78, 5) is 28.4. The largest absolute Gasteiger partial charge is 0.495 e. The van der Waals surface area contributed by atoms with Gasteiger partial charge in [0.15, 0.2) is 0 Å². The second-order valence-corrected chi connectivity index (χ2v) is 7.29. The van der Waals surface area contributed by atoms with E-state index >= 15 is 0 Å². The molecule has 0 unspecified atom stereocenters. The van der Waals surface area contributed by atoms with E-state index in [1.165, 1.54) is 0 Å². The zero-order chi connectivity index (χ0) is 16.4. The Morgan fingerprint density at radius 3 is 2.74 bits per heavy atom. The lowest BCUT2D eigenvalue weighted by Gasteiger charge is -2.28. The van der Waals surface area contributed by atoms with Gasteiger partial charge in [-0.3, -0.25) is 9.59 Å². The van der Waals surface area contributed by atoms with Crippen molar-refractivity contribution in [1.29, 1.82) is 0 Å². The predicted octanol–water partition coefficient (Wildman–Crippen LogP) is 2.28. The fourth-order valence-corrected chi connectivity index (χ4v) is 4.14. The molecule has 1 aromatic carbocycles. The maximum atomic E-state index is 12.6. The second-order valence-electron chi connectivity index (χ2n) is 5.66. The van der Waals surface area contributed by atoms with Gasteiger partial charge in [-0.25, -0.2) is 0 Å². The van der Waals surface area contributed by atoms with E-state index in [2.05, 4.69) is 0 Å². The Labute approximate surface area is 144 Å². The summed E-state index contributed by atoms with van der Waals surface area (Å²) in [5.41, 5.74) is 0.713. The molecule has 2 aliphatic rings. The van der Waals surface area contributed by atoms with Crippen molar-refractivity contribution in [1.82, 2.24) is 4.90 Å². The molecule has 124 valence electrons. The van der Waals surface area contributed by atoms with Gasteiger partial charge < -0.3 is 14.5 Å². The molecule has 0 aromatic heterocycles. The molecule has 2 saturated heterocycles. The van der Waals surface area contributed by atoms with Crippen molar-refractivity contribution >= 4 is 40.9 Å². The smallest absolute Gasteiger partial charge is 0.228 e. The lowest BCUT2D eigenvalue weighted by molar-refractivity contribution is -0.135. The molecule has 2 fully saturated rings. The summed E-state index contributed by atoms with van der Waals surface area (Å²) in [5.74, 6) is 2.33. The standard InChI is InChI=1S/C16H19ClN2O3S/c1-22-14-3-2-12(9-13(14)17)19-10-11(8-15(19)20)16(21)18-4-6-23-7-5-18/h2-3,9,11H,4-8,10H2,1H3/t11-/m1/s1. The highest BCUT2D eigenvalue weighted by atomic mass is 35.5. The number of ether oxygens (including phenoxy) is 1. The molecule has 7 heteroatoms. The number of nitrogens with zero attached hydrogens (tertiary/aromatic N) is 2. The predicted molar refractivity (Wildman–Crippen MR) is 92.4 cm³/mol. The summed E-state index contributed by atoms with van der Waals surface area (Å²) in [5, 5.41) is 0.459. The number of carbonyl (C=O) groups excluding carboxylic acids is 2. The Hall–Kier alpha value is -1.40. The van der Waals surface area contributed by atoms with Gasteiger partial charge in [0.25, 0.3) is 0 Å². The quantitative estimate of drug-likeness (QED) is 0.835. The maximum Gasteiger partial charge on any atom is 0.228 e. The zero-order valence-corrected chi connectivity index (χ0v) is 14.5. The Morgan fingerprint density at radius 1 is 1.35 bits per heavy atom. The molecule has 0 bridgehead atoms. The van der Waals surface area contributed by atoms with Gasteiger partial charge in [-0.2, -0.15) is 11.8 Å². The van der Waals surface area contributed by atoms with Crippen LogP contribution < -0.4 is 9.64 Å². The number of rotatable bonds is 3. The van der Waals surface area contributed by atoms with Crippen LogP contribution in [0.1, 0.15) is 6.42 Å². The summed E-state index contributed by atoms with van der Waals surface area (Å²) in [6.45, 7) is 1.98. The van der Waals surface area contributed by atoms with Crippen molar-refractivity contribution in [2.24, 2.45) is 5.92 Å². The molecule has 23 heavy (non-hydrogen) atoms. The Kier molecular flexibility index (Phi) is 5.02. The molecule has 2 heterocycles. The first-order valence-electron chi connectivity index (χ1n) is 7.60. The summed E-state index contributed by atoms with van der Waals surface area (Å²) in [7, 11) is 1.55. The van der Waals surface area contributed by atoms with Crippen molar-refractivity contribution in [3.63, 3.8) is 0 Å². The van der Waals surface area contributed by atoms with E-state index in [0.29, 0.717) is 23.0 Å². The highest BCUT2D eigenvalue weighted by Crippen LogP contribution is 2.32. The summed E-state index contributed by atoms with van der Waals surface area (Å²) in [6, 6.07) is 5.25. The monoisotopic (exact) mass is 354 g/mol. The topological polar surface area (TPSA) is 49.9 Å². The Balaban J connectivity index is 1.72. The van der Waals surface area contributed by atoms with Crippen LogP contribution in [0, 0.1) is 5.92 Å². The molecule has 0 saturated carbocycles. The first-order chi connectivity index (χ1) is 11.1. The van der Waals surface area contributed by atoms with Gasteiger partial charge >= 0.3 is 0 Å². The van der Waals surface area contributed by atoms with Crippen LogP contribution in [0.3, 0.4) is 0 Å². The third-order valence-corrected chi connectivity index (χ3v) is 5.48. The van der Waals surface area contributed by atoms with Crippen LogP contribution in [0.25, 0.3) is 0 Å².